The molecule has 0 spiro atoms. The van der Waals surface area contributed by atoms with Crippen molar-refractivity contribution in [2.24, 2.45) is 5.41 Å². The van der Waals surface area contributed by atoms with Gasteiger partial charge in [-0.05, 0) is 44.2 Å². The maximum Gasteiger partial charge on any atom is 0.311 e. The summed E-state index contributed by atoms with van der Waals surface area (Å²) >= 11 is 0. The van der Waals surface area contributed by atoms with Gasteiger partial charge in [-0.2, -0.15) is 0 Å². The van der Waals surface area contributed by atoms with Crippen molar-refractivity contribution >= 4 is 11.9 Å². The Morgan fingerprint density at radius 1 is 1.09 bits per heavy atom. The Morgan fingerprint density at radius 3 is 2.26 bits per heavy atom. The molecule has 0 aliphatic heterocycles. The smallest absolute Gasteiger partial charge is 0.311 e. The minimum absolute atomic E-state index is 0.158. The fourth-order valence-electron chi connectivity index (χ4n) is 1.74. The molecule has 0 aromatic heterocycles. The van der Waals surface area contributed by atoms with E-state index < -0.39 is 11.4 Å². The van der Waals surface area contributed by atoms with Crippen molar-refractivity contribution in [3.05, 3.63) is 35.4 Å². The number of ether oxygens (including phenoxy) is 2. The number of rotatable bonds is 10. The summed E-state index contributed by atoms with van der Waals surface area (Å²) in [5, 5.41) is 10.6. The summed E-state index contributed by atoms with van der Waals surface area (Å²) in [5.41, 5.74) is 0.644. The lowest BCUT2D eigenvalue weighted by molar-refractivity contribution is -0.255. The van der Waals surface area contributed by atoms with E-state index in [0.717, 1.165) is 24.8 Å². The molecule has 0 saturated heterocycles. The van der Waals surface area contributed by atoms with Crippen molar-refractivity contribution in [1.82, 2.24) is 0 Å². The fraction of sp³-hybridized carbons (Fsp3) is 0.556. The third-order valence-electron chi connectivity index (χ3n) is 3.81. The van der Waals surface area contributed by atoms with Gasteiger partial charge in [0.05, 0.1) is 24.6 Å². The molecule has 0 bridgehead atoms. The highest BCUT2D eigenvalue weighted by molar-refractivity contribution is 5.85. The highest BCUT2D eigenvalue weighted by Crippen LogP contribution is 2.21. The van der Waals surface area contributed by atoms with Crippen LogP contribution in [0.4, 0.5) is 0 Å². The third-order valence-corrected chi connectivity index (χ3v) is 3.81. The van der Waals surface area contributed by atoms with Gasteiger partial charge in [-0.15, -0.1) is 0 Å². The second-order valence-electron chi connectivity index (χ2n) is 6.12. The van der Waals surface area contributed by atoms with E-state index in [0.29, 0.717) is 19.8 Å². The number of carbonyl (C=O) groups is 2. The number of hydrogen-bond donors (Lipinski definition) is 0. The Labute approximate surface area is 137 Å². The molecule has 0 atom stereocenters. The predicted octanol–water partition coefficient (Wildman–Crippen LogP) is 2.33. The summed E-state index contributed by atoms with van der Waals surface area (Å²) < 4.78 is 10.8. The number of benzene rings is 1. The van der Waals surface area contributed by atoms with Crippen LogP contribution in [0.5, 0.6) is 0 Å². The highest BCUT2D eigenvalue weighted by atomic mass is 16.5. The summed E-state index contributed by atoms with van der Waals surface area (Å²) in [4.78, 5) is 22.4. The van der Waals surface area contributed by atoms with Gasteiger partial charge in [-0.1, -0.05) is 31.2 Å². The van der Waals surface area contributed by atoms with Gasteiger partial charge in [0.1, 0.15) is 0 Å². The van der Waals surface area contributed by atoms with Gasteiger partial charge >= 0.3 is 5.97 Å². The third kappa shape index (κ3) is 6.82. The normalized spacial score (nSPS) is 11.3. The largest absolute Gasteiger partial charge is 0.545 e. The number of carboxylic acids is 1. The van der Waals surface area contributed by atoms with Crippen molar-refractivity contribution < 1.29 is 24.2 Å². The minimum Gasteiger partial charge on any atom is -0.545 e. The second kappa shape index (κ2) is 9.30. The van der Waals surface area contributed by atoms with Crippen molar-refractivity contribution in [2.75, 3.05) is 13.2 Å². The molecule has 0 unspecified atom stereocenters. The molecule has 23 heavy (non-hydrogen) atoms. The van der Waals surface area contributed by atoms with Gasteiger partial charge in [0.2, 0.25) is 0 Å². The Kier molecular flexibility index (Phi) is 7.75. The van der Waals surface area contributed by atoms with Crippen molar-refractivity contribution in [3.63, 3.8) is 0 Å². The molecule has 0 N–H and O–H groups in total. The maximum atomic E-state index is 11.7. The zero-order valence-corrected chi connectivity index (χ0v) is 14.1. The van der Waals surface area contributed by atoms with E-state index in [4.69, 9.17) is 9.47 Å². The quantitative estimate of drug-likeness (QED) is 0.488. The molecule has 1 rings (SSSR count). The summed E-state index contributed by atoms with van der Waals surface area (Å²) in [6.45, 7) is 7.13. The highest BCUT2D eigenvalue weighted by Gasteiger charge is 2.26. The fourth-order valence-corrected chi connectivity index (χ4v) is 1.74. The molecule has 0 fully saturated rings. The molecule has 0 aliphatic rings. The molecule has 0 aliphatic carbocycles. The van der Waals surface area contributed by atoms with Crippen LogP contribution in [0.3, 0.4) is 0 Å². The summed E-state index contributed by atoms with van der Waals surface area (Å²) in [7, 11) is 0. The zero-order chi connectivity index (χ0) is 17.3. The molecule has 0 radical (unpaired) electrons. The van der Waals surface area contributed by atoms with Crippen molar-refractivity contribution in [1.29, 1.82) is 0 Å². The van der Waals surface area contributed by atoms with Gasteiger partial charge in [-0.25, -0.2) is 0 Å². The van der Waals surface area contributed by atoms with E-state index in [-0.39, 0.29) is 11.5 Å². The van der Waals surface area contributed by atoms with Crippen LogP contribution in [0.1, 0.15) is 56.0 Å². The number of carbonyl (C=O) groups excluding carboxylic acids is 2. The molecular weight excluding hydrogens is 296 g/mol. The van der Waals surface area contributed by atoms with E-state index in [1.54, 1.807) is 12.1 Å². The van der Waals surface area contributed by atoms with Crippen LogP contribution in [0.2, 0.25) is 0 Å². The van der Waals surface area contributed by atoms with Crippen LogP contribution in [-0.2, 0) is 20.9 Å². The first-order valence-electron chi connectivity index (χ1n) is 7.92. The Hall–Kier alpha value is -1.88. The van der Waals surface area contributed by atoms with Gasteiger partial charge in [0, 0.05) is 6.61 Å². The van der Waals surface area contributed by atoms with Crippen LogP contribution >= 0.6 is 0 Å². The van der Waals surface area contributed by atoms with Crippen LogP contribution < -0.4 is 5.11 Å². The Balaban J connectivity index is 2.12. The maximum absolute atomic E-state index is 11.7. The standard InChI is InChI=1S/C18H26O5/c1-4-18(2,3)17(21)23-12-6-5-11-22-13-14-7-9-15(10-8-14)16(19)20/h7-10H,4-6,11-13H2,1-3H3,(H,19,20)/p-1. The molecule has 1 aromatic carbocycles. The number of carboxylic acid groups (broad SMARTS) is 1. The van der Waals surface area contributed by atoms with Gasteiger partial charge in [0.25, 0.3) is 0 Å². The van der Waals surface area contributed by atoms with E-state index in [1.165, 1.54) is 12.1 Å². The second-order valence-corrected chi connectivity index (χ2v) is 6.12. The molecule has 0 heterocycles. The lowest BCUT2D eigenvalue weighted by atomic mass is 9.91. The number of unbranched alkanes of at least 4 members (excludes halogenated alkanes) is 1. The topological polar surface area (TPSA) is 75.7 Å². The van der Waals surface area contributed by atoms with Crippen LogP contribution in [0.25, 0.3) is 0 Å². The zero-order valence-electron chi connectivity index (χ0n) is 14.1. The van der Waals surface area contributed by atoms with E-state index in [2.05, 4.69) is 0 Å². The average Bonchev–Trinajstić information content (AvgIpc) is 2.54. The first kappa shape index (κ1) is 19.2. The van der Waals surface area contributed by atoms with E-state index in [1.807, 2.05) is 20.8 Å². The Morgan fingerprint density at radius 2 is 1.70 bits per heavy atom. The van der Waals surface area contributed by atoms with E-state index >= 15 is 0 Å². The monoisotopic (exact) mass is 321 g/mol. The number of esters is 1. The first-order chi connectivity index (χ1) is 10.9. The molecule has 5 heteroatoms. The van der Waals surface area contributed by atoms with Crippen LogP contribution in [-0.4, -0.2) is 25.2 Å². The van der Waals surface area contributed by atoms with Crippen molar-refractivity contribution in [3.8, 4) is 0 Å². The van der Waals surface area contributed by atoms with Crippen LogP contribution in [0, 0.1) is 5.41 Å². The number of aromatic carboxylic acids is 1. The SMILES string of the molecule is CCC(C)(C)C(=O)OCCCCOCc1ccc(C(=O)[O-])cc1. The molecule has 0 amide bonds. The van der Waals surface area contributed by atoms with Crippen LogP contribution in [0.15, 0.2) is 24.3 Å². The Bertz CT molecular complexity index is 505. The van der Waals surface area contributed by atoms with E-state index in [9.17, 15) is 14.7 Å². The minimum atomic E-state index is -1.18. The summed E-state index contributed by atoms with van der Waals surface area (Å²) in [6, 6.07) is 6.42. The molecule has 1 aromatic rings. The molecule has 0 saturated carbocycles. The van der Waals surface area contributed by atoms with Crippen molar-refractivity contribution in [2.45, 2.75) is 46.6 Å². The summed E-state index contributed by atoms with van der Waals surface area (Å²) in [6.07, 6.45) is 2.32. The molecular formula is C18H25O5-. The predicted molar refractivity (Wildman–Crippen MR) is 84.7 cm³/mol. The first-order valence-corrected chi connectivity index (χ1v) is 7.92. The molecule has 5 nitrogen and oxygen atoms in total. The van der Waals surface area contributed by atoms with Gasteiger partial charge in [0.15, 0.2) is 0 Å². The lowest BCUT2D eigenvalue weighted by Gasteiger charge is -2.20. The molecule has 128 valence electrons. The lowest BCUT2D eigenvalue weighted by Crippen LogP contribution is -2.26. The number of hydrogen-bond acceptors (Lipinski definition) is 5. The summed E-state index contributed by atoms with van der Waals surface area (Å²) in [5.74, 6) is -1.34. The van der Waals surface area contributed by atoms with Gasteiger partial charge in [-0.3, -0.25) is 4.79 Å². The van der Waals surface area contributed by atoms with Gasteiger partial charge < -0.3 is 19.4 Å². The average molecular weight is 321 g/mol.